The van der Waals surface area contributed by atoms with E-state index >= 15 is 0 Å². The summed E-state index contributed by atoms with van der Waals surface area (Å²) in [6, 6.07) is 8.63. The molecule has 1 saturated heterocycles. The van der Waals surface area contributed by atoms with Crippen LogP contribution in [0.2, 0.25) is 0 Å². The van der Waals surface area contributed by atoms with Crippen LogP contribution in [0.5, 0.6) is 0 Å². The highest BCUT2D eigenvalue weighted by atomic mass is 16.3. The second kappa shape index (κ2) is 6.01. The molecule has 0 aliphatic carbocycles. The number of carbonyl (C=O) groups excluding carboxylic acids is 1. The van der Waals surface area contributed by atoms with Crippen LogP contribution in [-0.2, 0) is 6.54 Å². The van der Waals surface area contributed by atoms with Crippen molar-refractivity contribution in [3.63, 3.8) is 0 Å². The molecule has 5 heteroatoms. The van der Waals surface area contributed by atoms with Crippen LogP contribution < -0.4 is 0 Å². The molecule has 23 heavy (non-hydrogen) atoms. The van der Waals surface area contributed by atoms with Gasteiger partial charge in [0.2, 0.25) is 5.78 Å². The van der Waals surface area contributed by atoms with Gasteiger partial charge in [-0.25, -0.2) is 4.98 Å². The van der Waals surface area contributed by atoms with Gasteiger partial charge in [0.25, 0.3) is 5.89 Å². The first-order valence-electron chi connectivity index (χ1n) is 8.02. The number of Topliss-reactive ketones (excluding diaryl/α,β-unsaturated/α-hetero) is 1. The molecule has 1 N–H and O–H groups in total. The number of benzene rings is 1. The molecule has 0 bridgehead atoms. The van der Waals surface area contributed by atoms with E-state index in [9.17, 15) is 4.79 Å². The van der Waals surface area contributed by atoms with Crippen molar-refractivity contribution in [2.45, 2.75) is 19.4 Å². The summed E-state index contributed by atoms with van der Waals surface area (Å²) in [4.78, 5) is 21.9. The van der Waals surface area contributed by atoms with Crippen LogP contribution in [-0.4, -0.2) is 33.7 Å². The molecule has 0 radical (unpaired) electrons. The second-order valence-corrected chi connectivity index (χ2v) is 6.15. The van der Waals surface area contributed by atoms with Gasteiger partial charge in [0.1, 0.15) is 6.26 Å². The van der Waals surface area contributed by atoms with Gasteiger partial charge < -0.3 is 9.40 Å². The van der Waals surface area contributed by atoms with E-state index in [0.29, 0.717) is 0 Å². The highest BCUT2D eigenvalue weighted by molar-refractivity contribution is 5.93. The molecule has 1 aliphatic heterocycles. The van der Waals surface area contributed by atoms with Crippen molar-refractivity contribution in [2.75, 3.05) is 13.1 Å². The molecule has 3 aromatic rings. The van der Waals surface area contributed by atoms with Crippen LogP contribution in [0, 0.1) is 5.92 Å². The van der Waals surface area contributed by atoms with Crippen LogP contribution >= 0.6 is 0 Å². The minimum absolute atomic E-state index is 0.0389. The molecule has 2 aromatic heterocycles. The van der Waals surface area contributed by atoms with E-state index in [4.69, 9.17) is 4.42 Å². The van der Waals surface area contributed by atoms with Gasteiger partial charge in [-0.3, -0.25) is 9.69 Å². The minimum atomic E-state index is 0.0389. The maximum absolute atomic E-state index is 12.3. The number of fused-ring (bicyclic) bond motifs is 1. The number of nitrogens with zero attached hydrogens (tertiary/aromatic N) is 2. The van der Waals surface area contributed by atoms with Crippen molar-refractivity contribution < 1.29 is 9.21 Å². The lowest BCUT2D eigenvalue weighted by Crippen LogP contribution is -2.36. The lowest BCUT2D eigenvalue weighted by atomic mass is 9.92. The first-order valence-corrected chi connectivity index (χ1v) is 8.02. The number of likely N-dealkylation sites (tertiary alicyclic amines) is 1. The Bertz CT molecular complexity index is 799. The summed E-state index contributed by atoms with van der Waals surface area (Å²) < 4.78 is 5.13. The number of nitrogens with one attached hydrogen (secondary N) is 1. The van der Waals surface area contributed by atoms with Crippen molar-refractivity contribution in [3.05, 3.63) is 54.4 Å². The number of hydrogen-bond acceptors (Lipinski definition) is 4. The quantitative estimate of drug-likeness (QED) is 0.751. The zero-order valence-corrected chi connectivity index (χ0v) is 12.9. The summed E-state index contributed by atoms with van der Waals surface area (Å²) >= 11 is 0. The number of piperidine rings is 1. The lowest BCUT2D eigenvalue weighted by molar-refractivity contribution is 0.0799. The summed E-state index contributed by atoms with van der Waals surface area (Å²) in [5, 5.41) is 1.25. The fourth-order valence-corrected chi connectivity index (χ4v) is 3.33. The molecule has 0 saturated carbocycles. The summed E-state index contributed by atoms with van der Waals surface area (Å²) in [5.74, 6) is 0.335. The van der Waals surface area contributed by atoms with Crippen molar-refractivity contribution >= 4 is 16.7 Å². The first-order chi connectivity index (χ1) is 11.3. The largest absolute Gasteiger partial charge is 0.442 e. The summed E-state index contributed by atoms with van der Waals surface area (Å²) in [6.45, 7) is 2.80. The van der Waals surface area contributed by atoms with Gasteiger partial charge in [0, 0.05) is 24.2 Å². The highest BCUT2D eigenvalue weighted by Gasteiger charge is 2.28. The van der Waals surface area contributed by atoms with Gasteiger partial charge in [0.15, 0.2) is 0 Å². The molecule has 0 spiro atoms. The predicted molar refractivity (Wildman–Crippen MR) is 87.1 cm³/mol. The number of carbonyl (C=O) groups is 1. The Kier molecular flexibility index (Phi) is 3.71. The number of aromatic nitrogens is 2. The van der Waals surface area contributed by atoms with E-state index in [1.54, 1.807) is 0 Å². The van der Waals surface area contributed by atoms with Gasteiger partial charge in [-0.1, -0.05) is 6.07 Å². The molecule has 1 aromatic carbocycles. The van der Waals surface area contributed by atoms with Gasteiger partial charge in [-0.2, -0.15) is 0 Å². The van der Waals surface area contributed by atoms with Crippen LogP contribution in [0.15, 0.2) is 47.3 Å². The van der Waals surface area contributed by atoms with Gasteiger partial charge in [0.05, 0.1) is 6.20 Å². The molecular formula is C18H19N3O2. The van der Waals surface area contributed by atoms with Crippen LogP contribution in [0.4, 0.5) is 0 Å². The Labute approximate surface area is 134 Å². The zero-order valence-electron chi connectivity index (χ0n) is 12.9. The maximum atomic E-state index is 12.3. The Morgan fingerprint density at radius 3 is 2.96 bits per heavy atom. The van der Waals surface area contributed by atoms with Gasteiger partial charge in [-0.05, 0) is 55.1 Å². The Morgan fingerprint density at radius 2 is 2.17 bits per heavy atom. The second-order valence-electron chi connectivity index (χ2n) is 6.15. The SMILES string of the molecule is O=C(c1ncco1)C1CCN(Cc2ccc3[nH]ccc3c2)CC1. The Morgan fingerprint density at radius 1 is 1.30 bits per heavy atom. The maximum Gasteiger partial charge on any atom is 0.263 e. The number of aromatic amines is 1. The van der Waals surface area contributed by atoms with E-state index in [1.165, 1.54) is 28.9 Å². The van der Waals surface area contributed by atoms with Crippen molar-refractivity contribution in [2.24, 2.45) is 5.92 Å². The number of ketones is 1. The third kappa shape index (κ3) is 2.92. The summed E-state index contributed by atoms with van der Waals surface area (Å²) in [6.07, 6.45) is 6.69. The van der Waals surface area contributed by atoms with Crippen molar-refractivity contribution in [3.8, 4) is 0 Å². The Balaban J connectivity index is 1.37. The predicted octanol–water partition coefficient (Wildman–Crippen LogP) is 3.25. The molecule has 4 rings (SSSR count). The van der Waals surface area contributed by atoms with E-state index in [-0.39, 0.29) is 17.6 Å². The van der Waals surface area contributed by atoms with Crippen LogP contribution in [0.25, 0.3) is 10.9 Å². The van der Waals surface area contributed by atoms with E-state index in [1.807, 2.05) is 6.20 Å². The number of rotatable bonds is 4. The third-order valence-corrected chi connectivity index (χ3v) is 4.63. The topological polar surface area (TPSA) is 62.1 Å². The smallest absolute Gasteiger partial charge is 0.263 e. The zero-order chi connectivity index (χ0) is 15.6. The summed E-state index contributed by atoms with van der Waals surface area (Å²) in [7, 11) is 0. The monoisotopic (exact) mass is 309 g/mol. The lowest BCUT2D eigenvalue weighted by Gasteiger charge is -2.30. The highest BCUT2D eigenvalue weighted by Crippen LogP contribution is 2.23. The molecule has 3 heterocycles. The van der Waals surface area contributed by atoms with Crippen LogP contribution in [0.1, 0.15) is 29.1 Å². The summed E-state index contributed by atoms with van der Waals surface area (Å²) in [5.41, 5.74) is 2.48. The molecule has 1 aliphatic rings. The Hall–Kier alpha value is -2.40. The molecule has 0 unspecified atom stereocenters. The molecule has 5 nitrogen and oxygen atoms in total. The van der Waals surface area contributed by atoms with Gasteiger partial charge in [-0.15, -0.1) is 0 Å². The van der Waals surface area contributed by atoms with E-state index in [2.05, 4.69) is 39.1 Å². The molecule has 0 atom stereocenters. The fraction of sp³-hybridized carbons (Fsp3) is 0.333. The van der Waals surface area contributed by atoms with Crippen LogP contribution in [0.3, 0.4) is 0 Å². The van der Waals surface area contributed by atoms with Gasteiger partial charge >= 0.3 is 0 Å². The normalized spacial score (nSPS) is 16.9. The fourth-order valence-electron chi connectivity index (χ4n) is 3.33. The standard InChI is InChI=1S/C18H19N3O2/c22-17(18-20-7-10-23-18)14-4-8-21(9-5-14)12-13-1-2-16-15(11-13)3-6-19-16/h1-3,6-7,10-11,14,19H,4-5,8-9,12H2. The average molecular weight is 309 g/mol. The molecule has 1 fully saturated rings. The number of oxazole rings is 1. The van der Waals surface area contributed by atoms with Crippen molar-refractivity contribution in [1.82, 2.24) is 14.9 Å². The van der Waals surface area contributed by atoms with Crippen molar-refractivity contribution in [1.29, 1.82) is 0 Å². The number of H-pyrrole nitrogens is 1. The average Bonchev–Trinajstić information content (AvgIpc) is 3.26. The van der Waals surface area contributed by atoms with E-state index < -0.39 is 0 Å². The number of hydrogen-bond donors (Lipinski definition) is 1. The van der Waals surface area contributed by atoms with E-state index in [0.717, 1.165) is 32.5 Å². The minimum Gasteiger partial charge on any atom is -0.442 e. The molecule has 118 valence electrons. The molecule has 0 amide bonds. The molecular weight excluding hydrogens is 290 g/mol. The third-order valence-electron chi connectivity index (χ3n) is 4.63. The first kappa shape index (κ1) is 14.2.